The fraction of sp³-hybridized carbons (Fsp3) is 0. The van der Waals surface area contributed by atoms with E-state index in [-0.39, 0.29) is 151 Å². The van der Waals surface area contributed by atoms with Crippen LogP contribution in [0, 0.1) is 0 Å². The minimum Gasteiger partial charge on any atom is -0.303 e. The topological polar surface area (TPSA) is 233 Å². The van der Waals surface area contributed by atoms with Gasteiger partial charge in [0.15, 0.2) is 0 Å². The summed E-state index contributed by atoms with van der Waals surface area (Å²) in [7, 11) is -13.9. The normalized spacial score (nSPS) is 9.32. The van der Waals surface area contributed by atoms with Gasteiger partial charge >= 0.3 is 23.5 Å². The van der Waals surface area contributed by atoms with E-state index in [0.29, 0.717) is 0 Å². The Labute approximate surface area is 227 Å². The molecule has 104 valence electrons. The Hall–Kier alpha value is 5.37. The fourth-order valence-electron chi connectivity index (χ4n) is 0. The summed E-state index contributed by atoms with van der Waals surface area (Å²) in [4.78, 5) is 64.7. The molecule has 0 bridgehead atoms. The predicted molar refractivity (Wildman–Crippen MR) is 65.8 cm³/mol. The molecule has 0 aromatic rings. The molecule has 0 aromatic carbocycles. The van der Waals surface area contributed by atoms with E-state index in [2.05, 4.69) is 0 Å². The summed E-state index contributed by atoms with van der Waals surface area (Å²) in [6.07, 6.45) is 0. The molecule has 19 heavy (non-hydrogen) atoms. The number of phosphoric acid groups is 3. The third kappa shape index (κ3) is 370. The van der Waals surface area contributed by atoms with E-state index in [0.717, 1.165) is 0 Å². The predicted octanol–water partition coefficient (Wildman–Crippen LogP) is -4.31. The van der Waals surface area contributed by atoms with Gasteiger partial charge in [0.2, 0.25) is 0 Å². The van der Waals surface area contributed by atoms with Crippen molar-refractivity contribution in [2.24, 2.45) is 0 Å². The summed E-state index contributed by atoms with van der Waals surface area (Å²) >= 11 is 0. The van der Waals surface area contributed by atoms with Crippen LogP contribution >= 0.6 is 23.5 Å². The van der Waals surface area contributed by atoms with Crippen molar-refractivity contribution in [2.75, 3.05) is 0 Å². The van der Waals surface area contributed by atoms with Crippen LogP contribution in [0.2, 0.25) is 0 Å². The zero-order valence-electron chi connectivity index (χ0n) is 9.42. The van der Waals surface area contributed by atoms with Crippen molar-refractivity contribution in [2.45, 2.75) is 0 Å². The summed E-state index contributed by atoms with van der Waals surface area (Å²) in [5.41, 5.74) is 0. The van der Waals surface area contributed by atoms with E-state index < -0.39 is 23.5 Å². The monoisotopic (exact) mass is 454 g/mol. The zero-order chi connectivity index (χ0) is 13.5. The van der Waals surface area contributed by atoms with Crippen molar-refractivity contribution in [1.82, 2.24) is 0 Å². The van der Waals surface area contributed by atoms with E-state index in [4.69, 9.17) is 57.7 Å². The Bertz CT molecular complexity index is 211. The van der Waals surface area contributed by atoms with E-state index in [1.54, 1.807) is 0 Å². The largest absolute Gasteiger partial charge is 0.466 e. The first-order chi connectivity index (χ1) is 6.00. The van der Waals surface area contributed by atoms with Crippen LogP contribution in [0.25, 0.3) is 0 Å². The van der Waals surface area contributed by atoms with Crippen LogP contribution in [-0.4, -0.2) is 195 Å². The molecule has 0 saturated carbocycles. The molecule has 0 amide bonds. The Morgan fingerprint density at radius 1 is 0.368 bits per heavy atom. The number of hydrogen-bond acceptors (Lipinski definition) is 3. The van der Waals surface area contributed by atoms with Crippen molar-refractivity contribution < 1.29 is 57.7 Å². The van der Waals surface area contributed by atoms with Crippen molar-refractivity contribution in [3.05, 3.63) is 0 Å². The van der Waals surface area contributed by atoms with E-state index in [9.17, 15) is 0 Å². The number of hydrogen-bond donors (Lipinski definition) is 9. The van der Waals surface area contributed by atoms with Crippen molar-refractivity contribution in [3.63, 3.8) is 0 Å². The molecule has 0 rings (SSSR count). The maximum Gasteiger partial charge on any atom is 0.466 e. The van der Waals surface area contributed by atoms with Crippen LogP contribution in [0.1, 0.15) is 0 Å². The maximum absolute atomic E-state index is 8.88. The standard InChI is InChI=1S/4Ca.3H3O4P/c;;;;3*1-5(2,3)4/h;;;;3*(H3,1,2,3,4). The molecule has 0 atom stereocenters. The smallest absolute Gasteiger partial charge is 0.303 e. The van der Waals surface area contributed by atoms with Gasteiger partial charge in [-0.15, -0.1) is 0 Å². The van der Waals surface area contributed by atoms with Crippen LogP contribution < -0.4 is 0 Å². The second-order valence-electron chi connectivity index (χ2n) is 1.54. The maximum atomic E-state index is 8.88. The second kappa shape index (κ2) is 21.4. The van der Waals surface area contributed by atoms with E-state index >= 15 is 0 Å². The molecule has 9 N–H and O–H groups in total. The fourth-order valence-corrected chi connectivity index (χ4v) is 0. The van der Waals surface area contributed by atoms with Crippen LogP contribution in [0.15, 0.2) is 0 Å². The molecule has 0 aliphatic rings. The molecule has 8 radical (unpaired) electrons. The average Bonchev–Trinajstić information content (AvgIpc) is 1.41. The van der Waals surface area contributed by atoms with Crippen molar-refractivity contribution in [3.8, 4) is 0 Å². The SMILES string of the molecule is O=P(O)(O)O.O=P(O)(O)O.O=P(O)(O)O.[Ca].[Ca].[Ca].[Ca]. The van der Waals surface area contributed by atoms with Gasteiger partial charge in [0.05, 0.1) is 0 Å². The first kappa shape index (κ1) is 44.1. The first-order valence-corrected chi connectivity index (χ1v) is 7.04. The Kier molecular flexibility index (Phi) is 49.7. The Morgan fingerprint density at radius 3 is 0.368 bits per heavy atom. The second-order valence-corrected chi connectivity index (χ2v) is 4.62. The van der Waals surface area contributed by atoms with Gasteiger partial charge < -0.3 is 44.0 Å². The summed E-state index contributed by atoms with van der Waals surface area (Å²) in [6, 6.07) is 0. The third-order valence-electron chi connectivity index (χ3n) is 0. The van der Waals surface area contributed by atoms with Gasteiger partial charge in [-0.1, -0.05) is 0 Å². The summed E-state index contributed by atoms with van der Waals surface area (Å²) in [5.74, 6) is 0. The molecular weight excluding hydrogens is 445 g/mol. The van der Waals surface area contributed by atoms with Gasteiger partial charge in [0, 0.05) is 151 Å². The van der Waals surface area contributed by atoms with Gasteiger partial charge in [0.1, 0.15) is 0 Å². The molecule has 0 fully saturated rings. The van der Waals surface area contributed by atoms with Crippen molar-refractivity contribution >= 4 is 174 Å². The van der Waals surface area contributed by atoms with Gasteiger partial charge in [-0.2, -0.15) is 0 Å². The summed E-state index contributed by atoms with van der Waals surface area (Å²) < 4.78 is 26.6. The van der Waals surface area contributed by atoms with Gasteiger partial charge in [0.25, 0.3) is 0 Å². The van der Waals surface area contributed by atoms with E-state index in [1.165, 1.54) is 0 Å². The van der Waals surface area contributed by atoms with Gasteiger partial charge in [-0.25, -0.2) is 13.7 Å². The van der Waals surface area contributed by atoms with Crippen LogP contribution in [-0.2, 0) is 13.7 Å². The molecule has 0 spiro atoms. The third-order valence-corrected chi connectivity index (χ3v) is 0. The first-order valence-electron chi connectivity index (χ1n) is 2.35. The molecule has 0 unspecified atom stereocenters. The van der Waals surface area contributed by atoms with Crippen LogP contribution in [0.5, 0.6) is 0 Å². The number of rotatable bonds is 0. The molecule has 0 saturated heterocycles. The molecule has 0 heterocycles. The summed E-state index contributed by atoms with van der Waals surface area (Å²) in [6.45, 7) is 0. The Morgan fingerprint density at radius 2 is 0.368 bits per heavy atom. The van der Waals surface area contributed by atoms with Gasteiger partial charge in [-0.3, -0.25) is 0 Å². The molecule has 0 aromatic heterocycles. The minimum absolute atomic E-state index is 0. The van der Waals surface area contributed by atoms with Crippen LogP contribution in [0.4, 0.5) is 0 Å². The minimum atomic E-state index is -4.64. The molecule has 0 aliphatic heterocycles. The Balaban J connectivity index is -0.0000000206. The average molecular weight is 454 g/mol. The van der Waals surface area contributed by atoms with Crippen LogP contribution in [0.3, 0.4) is 0 Å². The molecule has 19 heteroatoms. The van der Waals surface area contributed by atoms with Gasteiger partial charge in [-0.05, 0) is 0 Å². The quantitative estimate of drug-likeness (QED) is 0.125. The van der Waals surface area contributed by atoms with Crippen molar-refractivity contribution in [1.29, 1.82) is 0 Å². The zero-order valence-corrected chi connectivity index (χ0v) is 20.9. The summed E-state index contributed by atoms with van der Waals surface area (Å²) in [5, 5.41) is 0. The molecule has 12 nitrogen and oxygen atoms in total. The molecule has 0 aliphatic carbocycles. The van der Waals surface area contributed by atoms with E-state index in [1.807, 2.05) is 0 Å². The molecular formula is H9Ca4O12P3.